The molecule has 0 radical (unpaired) electrons. The normalized spacial score (nSPS) is 11.3. The zero-order valence-corrected chi connectivity index (χ0v) is 14.8. The first-order valence-electron chi connectivity index (χ1n) is 7.00. The van der Waals surface area contributed by atoms with E-state index in [1.54, 1.807) is 0 Å². The van der Waals surface area contributed by atoms with Crippen LogP contribution in [0.15, 0.2) is 18.2 Å². The third-order valence-electron chi connectivity index (χ3n) is 2.85. The molecule has 11 heteroatoms. The maximum absolute atomic E-state index is 12.5. The molecule has 0 aliphatic rings. The van der Waals surface area contributed by atoms with Gasteiger partial charge in [-0.2, -0.15) is 0 Å². The summed E-state index contributed by atoms with van der Waals surface area (Å²) in [6.45, 7) is 1.04. The van der Waals surface area contributed by atoms with Crippen LogP contribution in [0.3, 0.4) is 0 Å². The van der Waals surface area contributed by atoms with Crippen molar-refractivity contribution in [3.05, 3.63) is 33.1 Å². The molecule has 1 aromatic heterocycles. The van der Waals surface area contributed by atoms with Crippen LogP contribution < -0.4 is 10.5 Å². The number of amides is 1. The van der Waals surface area contributed by atoms with Crippen LogP contribution >= 0.6 is 22.9 Å². The molecule has 6 nitrogen and oxygen atoms in total. The van der Waals surface area contributed by atoms with Crippen molar-refractivity contribution in [2.45, 2.75) is 26.3 Å². The van der Waals surface area contributed by atoms with Gasteiger partial charge >= 0.3 is 12.3 Å². The molecule has 0 aliphatic heterocycles. The van der Waals surface area contributed by atoms with Crippen molar-refractivity contribution in [1.82, 2.24) is 4.98 Å². The maximum atomic E-state index is 12.5. The van der Waals surface area contributed by atoms with Crippen LogP contribution in [0.1, 0.15) is 16.8 Å². The van der Waals surface area contributed by atoms with E-state index in [2.05, 4.69) is 9.72 Å². The van der Waals surface area contributed by atoms with Crippen LogP contribution in [0.25, 0.3) is 11.3 Å². The van der Waals surface area contributed by atoms with Gasteiger partial charge in [0.2, 0.25) is 5.91 Å². The number of alkyl halides is 3. The second-order valence-electron chi connectivity index (χ2n) is 5.03. The highest BCUT2D eigenvalue weighted by Gasteiger charge is 2.31. The molecule has 0 saturated heterocycles. The van der Waals surface area contributed by atoms with E-state index in [0.29, 0.717) is 9.88 Å². The van der Waals surface area contributed by atoms with Gasteiger partial charge in [0.1, 0.15) is 17.4 Å². The van der Waals surface area contributed by atoms with Crippen molar-refractivity contribution in [2.24, 2.45) is 5.73 Å². The molecule has 1 aromatic carbocycles. The largest absolute Gasteiger partial charge is 0.573 e. The van der Waals surface area contributed by atoms with Crippen molar-refractivity contribution in [1.29, 1.82) is 0 Å². The Balaban J connectivity index is 2.46. The SMILES string of the molecule is CC(=O)OCc1sc(CC(N)=O)nc1-c1cc(Cl)cc(OC(F)(F)F)c1. The topological polar surface area (TPSA) is 91.5 Å². The molecule has 0 fully saturated rings. The van der Waals surface area contributed by atoms with E-state index >= 15 is 0 Å². The molecule has 0 unspecified atom stereocenters. The molecule has 0 atom stereocenters. The molecule has 140 valence electrons. The van der Waals surface area contributed by atoms with Gasteiger partial charge in [-0.15, -0.1) is 24.5 Å². The van der Waals surface area contributed by atoms with Gasteiger partial charge < -0.3 is 15.2 Å². The van der Waals surface area contributed by atoms with Crippen molar-refractivity contribution in [3.8, 4) is 17.0 Å². The van der Waals surface area contributed by atoms with Crippen LogP contribution in [-0.2, 0) is 27.4 Å². The molecular formula is C15H12ClF3N2O4S. The Bertz CT molecular complexity index is 839. The summed E-state index contributed by atoms with van der Waals surface area (Å²) < 4.78 is 46.2. The minimum atomic E-state index is -4.89. The third-order valence-corrected chi connectivity index (χ3v) is 4.10. The first-order valence-corrected chi connectivity index (χ1v) is 8.20. The standard InChI is InChI=1S/C15H12ClF3N2O4S/c1-7(22)24-6-11-14(21-13(26-11)5-12(20)23)8-2-9(16)4-10(3-8)25-15(17,18)19/h2-4H,5-6H2,1H3,(H2,20,23). The summed E-state index contributed by atoms with van der Waals surface area (Å²) in [7, 11) is 0. The molecular weight excluding hydrogens is 397 g/mol. The van der Waals surface area contributed by atoms with E-state index in [-0.39, 0.29) is 29.3 Å². The molecule has 1 amide bonds. The number of esters is 1. The van der Waals surface area contributed by atoms with Gasteiger partial charge in [0.05, 0.1) is 17.0 Å². The van der Waals surface area contributed by atoms with E-state index < -0.39 is 24.0 Å². The summed E-state index contributed by atoms with van der Waals surface area (Å²) in [6, 6.07) is 3.48. The molecule has 2 rings (SSSR count). The quantitative estimate of drug-likeness (QED) is 0.739. The Morgan fingerprint density at radius 2 is 2.00 bits per heavy atom. The van der Waals surface area contributed by atoms with Crippen molar-refractivity contribution < 1.29 is 32.2 Å². The number of hydrogen-bond acceptors (Lipinski definition) is 6. The zero-order chi connectivity index (χ0) is 19.5. The van der Waals surface area contributed by atoms with Crippen LogP contribution in [-0.4, -0.2) is 23.2 Å². The van der Waals surface area contributed by atoms with E-state index in [4.69, 9.17) is 22.1 Å². The molecule has 2 aromatic rings. The highest BCUT2D eigenvalue weighted by atomic mass is 35.5. The lowest BCUT2D eigenvalue weighted by Crippen LogP contribution is -2.17. The molecule has 0 saturated carbocycles. The van der Waals surface area contributed by atoms with Gasteiger partial charge in [0.15, 0.2) is 0 Å². The summed E-state index contributed by atoms with van der Waals surface area (Å²) in [5.74, 6) is -1.70. The van der Waals surface area contributed by atoms with Gasteiger partial charge in [-0.3, -0.25) is 9.59 Å². The van der Waals surface area contributed by atoms with E-state index in [1.165, 1.54) is 13.0 Å². The maximum Gasteiger partial charge on any atom is 0.573 e. The number of primary amides is 1. The second kappa shape index (κ2) is 7.92. The number of aromatic nitrogens is 1. The number of nitrogens with two attached hydrogens (primary N) is 1. The lowest BCUT2D eigenvalue weighted by atomic mass is 10.1. The summed E-state index contributed by atoms with van der Waals surface area (Å²) >= 11 is 6.92. The van der Waals surface area contributed by atoms with Gasteiger partial charge in [-0.1, -0.05) is 11.6 Å². The average Bonchev–Trinajstić information content (AvgIpc) is 2.84. The highest BCUT2D eigenvalue weighted by Crippen LogP contribution is 2.35. The molecule has 0 bridgehead atoms. The minimum absolute atomic E-state index is 0.00959. The minimum Gasteiger partial charge on any atom is -0.460 e. The number of halogens is 4. The number of thiazole rings is 1. The number of ether oxygens (including phenoxy) is 2. The number of carbonyl (C=O) groups is 2. The predicted molar refractivity (Wildman–Crippen MR) is 87.6 cm³/mol. The summed E-state index contributed by atoms with van der Waals surface area (Å²) in [4.78, 5) is 26.8. The molecule has 2 N–H and O–H groups in total. The van der Waals surface area contributed by atoms with Crippen molar-refractivity contribution >= 4 is 34.8 Å². The average molecular weight is 409 g/mol. The Hall–Kier alpha value is -2.33. The molecule has 0 aliphatic carbocycles. The fourth-order valence-electron chi connectivity index (χ4n) is 2.01. The fraction of sp³-hybridized carbons (Fsp3) is 0.267. The Morgan fingerprint density at radius 3 is 2.58 bits per heavy atom. The highest BCUT2D eigenvalue weighted by molar-refractivity contribution is 7.12. The first kappa shape index (κ1) is 20.0. The van der Waals surface area contributed by atoms with Crippen LogP contribution in [0.2, 0.25) is 5.02 Å². The Kier molecular flexibility index (Phi) is 6.09. The number of carbonyl (C=O) groups excluding carboxylic acids is 2. The van der Waals surface area contributed by atoms with Crippen molar-refractivity contribution in [3.63, 3.8) is 0 Å². The smallest absolute Gasteiger partial charge is 0.460 e. The molecule has 0 spiro atoms. The molecule has 26 heavy (non-hydrogen) atoms. The summed E-state index contributed by atoms with van der Waals surface area (Å²) in [5, 5.41) is 0.317. The van der Waals surface area contributed by atoms with E-state index in [1.807, 2.05) is 0 Å². The number of benzene rings is 1. The monoisotopic (exact) mass is 408 g/mol. The first-order chi connectivity index (χ1) is 12.0. The third kappa shape index (κ3) is 5.88. The zero-order valence-electron chi connectivity index (χ0n) is 13.2. The van der Waals surface area contributed by atoms with Gasteiger partial charge in [-0.25, -0.2) is 4.98 Å². The fourth-order valence-corrected chi connectivity index (χ4v) is 3.25. The Labute approximate surface area is 154 Å². The second-order valence-corrected chi connectivity index (χ2v) is 6.63. The van der Waals surface area contributed by atoms with Gasteiger partial charge in [-0.05, 0) is 18.2 Å². The van der Waals surface area contributed by atoms with Gasteiger partial charge in [0.25, 0.3) is 0 Å². The molecule has 1 heterocycles. The van der Waals surface area contributed by atoms with E-state index in [0.717, 1.165) is 23.5 Å². The summed E-state index contributed by atoms with van der Waals surface area (Å²) in [6.07, 6.45) is -5.05. The van der Waals surface area contributed by atoms with Crippen LogP contribution in [0.4, 0.5) is 13.2 Å². The Morgan fingerprint density at radius 1 is 1.31 bits per heavy atom. The summed E-state index contributed by atoms with van der Waals surface area (Å²) in [5.41, 5.74) is 5.58. The number of hydrogen-bond donors (Lipinski definition) is 1. The predicted octanol–water partition coefficient (Wildman–Crippen LogP) is 3.45. The van der Waals surface area contributed by atoms with E-state index in [9.17, 15) is 22.8 Å². The lowest BCUT2D eigenvalue weighted by molar-refractivity contribution is -0.274. The number of rotatable bonds is 6. The lowest BCUT2D eigenvalue weighted by Gasteiger charge is -2.11. The van der Waals surface area contributed by atoms with Gasteiger partial charge in [0, 0.05) is 17.5 Å². The van der Waals surface area contributed by atoms with Crippen LogP contribution in [0, 0.1) is 0 Å². The number of nitrogens with zero attached hydrogens (tertiary/aromatic N) is 1. The van der Waals surface area contributed by atoms with Crippen LogP contribution in [0.5, 0.6) is 5.75 Å². The van der Waals surface area contributed by atoms with Crippen molar-refractivity contribution in [2.75, 3.05) is 0 Å².